The number of hydrogen-bond acceptors (Lipinski definition) is 5. The second-order valence-corrected chi connectivity index (χ2v) is 9.71. The van der Waals surface area contributed by atoms with Crippen LogP contribution in [0.15, 0.2) is 95.9 Å². The van der Waals surface area contributed by atoms with Crippen molar-refractivity contribution in [1.29, 1.82) is 0 Å². The zero-order valence-corrected chi connectivity index (χ0v) is 19.3. The smallest absolute Gasteiger partial charge is 0.261 e. The second kappa shape index (κ2) is 8.86. The molecule has 0 radical (unpaired) electrons. The van der Waals surface area contributed by atoms with E-state index in [0.717, 1.165) is 24.3 Å². The van der Waals surface area contributed by atoms with Gasteiger partial charge in [0.25, 0.3) is 15.9 Å². The first-order valence-electron chi connectivity index (χ1n) is 10.8. The van der Waals surface area contributed by atoms with E-state index in [1.54, 1.807) is 30.3 Å². The molecule has 0 unspecified atom stereocenters. The fourth-order valence-corrected chi connectivity index (χ4v) is 5.04. The van der Waals surface area contributed by atoms with Gasteiger partial charge in [-0.3, -0.25) is 19.1 Å². The Balaban J connectivity index is 1.42. The van der Waals surface area contributed by atoms with Gasteiger partial charge in [-0.25, -0.2) is 12.8 Å². The van der Waals surface area contributed by atoms with Gasteiger partial charge in [-0.05, 0) is 48.5 Å². The van der Waals surface area contributed by atoms with Gasteiger partial charge in [0.05, 0.1) is 16.1 Å². The first-order chi connectivity index (χ1) is 17.2. The van der Waals surface area contributed by atoms with Crippen LogP contribution in [0.2, 0.25) is 0 Å². The number of benzene rings is 4. The van der Waals surface area contributed by atoms with Crippen molar-refractivity contribution in [3.63, 3.8) is 0 Å². The van der Waals surface area contributed by atoms with Crippen LogP contribution in [0.5, 0.6) is 0 Å². The largest absolute Gasteiger partial charge is 0.321 e. The summed E-state index contributed by atoms with van der Waals surface area (Å²) in [7, 11) is -4.02. The van der Waals surface area contributed by atoms with E-state index in [-0.39, 0.29) is 50.1 Å². The number of fused-ring (bicyclic) bond motifs is 2. The number of sulfonamides is 1. The molecule has 0 saturated heterocycles. The Hall–Kier alpha value is -4.63. The van der Waals surface area contributed by atoms with Crippen LogP contribution < -0.4 is 10.0 Å². The van der Waals surface area contributed by atoms with Crippen molar-refractivity contribution in [2.45, 2.75) is 4.90 Å². The van der Waals surface area contributed by atoms with E-state index in [2.05, 4.69) is 10.0 Å². The molecular formula is C27H17FN2O5S. The molecule has 1 aliphatic rings. The normalized spacial score (nSPS) is 12.5. The van der Waals surface area contributed by atoms with Crippen LogP contribution in [0.4, 0.5) is 15.8 Å². The van der Waals surface area contributed by atoms with E-state index in [4.69, 9.17) is 0 Å². The lowest BCUT2D eigenvalue weighted by atomic mass is 9.83. The van der Waals surface area contributed by atoms with Gasteiger partial charge in [0.2, 0.25) is 0 Å². The number of carbonyl (C=O) groups excluding carboxylic acids is 3. The van der Waals surface area contributed by atoms with Crippen LogP contribution in [0.3, 0.4) is 0 Å². The Labute approximate surface area is 205 Å². The third kappa shape index (κ3) is 4.16. The highest BCUT2D eigenvalue weighted by atomic mass is 32.2. The fraction of sp³-hybridized carbons (Fsp3) is 0. The molecule has 4 aromatic rings. The van der Waals surface area contributed by atoms with E-state index >= 15 is 0 Å². The summed E-state index contributed by atoms with van der Waals surface area (Å²) in [5, 5.41) is 2.67. The molecule has 0 heterocycles. The Morgan fingerprint density at radius 3 is 2.08 bits per heavy atom. The van der Waals surface area contributed by atoms with E-state index in [1.165, 1.54) is 36.4 Å². The molecular weight excluding hydrogens is 483 g/mol. The lowest BCUT2D eigenvalue weighted by Crippen LogP contribution is -2.24. The monoisotopic (exact) mass is 500 g/mol. The van der Waals surface area contributed by atoms with Gasteiger partial charge in [0, 0.05) is 27.9 Å². The SMILES string of the molecule is O=C(Nc1cccc2c1C(=O)c1ccccc1C2=O)c1cccc(NS(=O)(=O)c2ccc(F)cc2)c1. The maximum atomic E-state index is 13.2. The summed E-state index contributed by atoms with van der Waals surface area (Å²) in [6.07, 6.45) is 0. The van der Waals surface area contributed by atoms with E-state index in [0.29, 0.717) is 5.56 Å². The Kier molecular flexibility index (Phi) is 5.69. The molecule has 0 atom stereocenters. The predicted molar refractivity (Wildman–Crippen MR) is 131 cm³/mol. The Bertz CT molecular complexity index is 1660. The number of rotatable bonds is 5. The van der Waals surface area contributed by atoms with Crippen LogP contribution in [0.25, 0.3) is 0 Å². The predicted octanol–water partition coefficient (Wildman–Crippen LogP) is 4.65. The summed E-state index contributed by atoms with van der Waals surface area (Å²) in [5.74, 6) is -1.87. The van der Waals surface area contributed by atoms with E-state index in [9.17, 15) is 27.2 Å². The third-order valence-electron chi connectivity index (χ3n) is 5.70. The summed E-state index contributed by atoms with van der Waals surface area (Å²) in [6.45, 7) is 0. The number of ketones is 2. The molecule has 0 aliphatic heterocycles. The molecule has 0 aromatic heterocycles. The molecule has 0 saturated carbocycles. The molecule has 5 rings (SSSR count). The standard InChI is InChI=1S/C27H17FN2O5S/c28-17-11-13-19(14-12-17)36(34,35)30-18-6-3-5-16(15-18)27(33)29-23-10-4-9-22-24(23)26(32)21-8-2-1-7-20(21)25(22)31/h1-15,30H,(H,29,33). The lowest BCUT2D eigenvalue weighted by molar-refractivity contribution is 0.0978. The molecule has 2 N–H and O–H groups in total. The summed E-state index contributed by atoms with van der Waals surface area (Å²) in [6, 6.07) is 21.2. The zero-order chi connectivity index (χ0) is 25.4. The maximum Gasteiger partial charge on any atom is 0.261 e. The van der Waals surface area contributed by atoms with E-state index in [1.807, 2.05) is 0 Å². The molecule has 1 amide bonds. The minimum Gasteiger partial charge on any atom is -0.321 e. The minimum atomic E-state index is -4.02. The van der Waals surface area contributed by atoms with Gasteiger partial charge in [-0.1, -0.05) is 42.5 Å². The van der Waals surface area contributed by atoms with Crippen LogP contribution >= 0.6 is 0 Å². The highest BCUT2D eigenvalue weighted by Gasteiger charge is 2.31. The highest BCUT2D eigenvalue weighted by Crippen LogP contribution is 2.32. The molecule has 0 bridgehead atoms. The van der Waals surface area contributed by atoms with Crippen LogP contribution in [0.1, 0.15) is 42.2 Å². The molecule has 4 aromatic carbocycles. The topological polar surface area (TPSA) is 109 Å². The van der Waals surface area contributed by atoms with Crippen molar-refractivity contribution in [1.82, 2.24) is 0 Å². The molecule has 36 heavy (non-hydrogen) atoms. The van der Waals surface area contributed by atoms with E-state index < -0.39 is 21.7 Å². The van der Waals surface area contributed by atoms with Gasteiger partial charge in [0.1, 0.15) is 5.82 Å². The van der Waals surface area contributed by atoms with Crippen molar-refractivity contribution in [2.75, 3.05) is 10.0 Å². The Morgan fingerprint density at radius 2 is 1.36 bits per heavy atom. The van der Waals surface area contributed by atoms with Crippen molar-refractivity contribution in [3.05, 3.63) is 125 Å². The molecule has 0 fully saturated rings. The average Bonchev–Trinajstić information content (AvgIpc) is 2.87. The number of amides is 1. The molecule has 0 spiro atoms. The maximum absolute atomic E-state index is 13.2. The summed E-state index contributed by atoms with van der Waals surface area (Å²) in [4.78, 5) is 39.0. The van der Waals surface area contributed by atoms with Crippen molar-refractivity contribution < 1.29 is 27.2 Å². The highest BCUT2D eigenvalue weighted by molar-refractivity contribution is 7.92. The summed E-state index contributed by atoms with van der Waals surface area (Å²) >= 11 is 0. The third-order valence-corrected chi connectivity index (χ3v) is 7.10. The zero-order valence-electron chi connectivity index (χ0n) is 18.5. The fourth-order valence-electron chi connectivity index (χ4n) is 4.00. The van der Waals surface area contributed by atoms with Crippen LogP contribution in [-0.2, 0) is 10.0 Å². The first kappa shape index (κ1) is 23.1. The van der Waals surface area contributed by atoms with Crippen LogP contribution in [0, 0.1) is 5.82 Å². The number of anilines is 2. The summed E-state index contributed by atoms with van der Waals surface area (Å²) < 4.78 is 40.7. The minimum absolute atomic E-state index is 0.0997. The molecule has 178 valence electrons. The second-order valence-electron chi connectivity index (χ2n) is 8.03. The van der Waals surface area contributed by atoms with Gasteiger partial charge in [0.15, 0.2) is 11.6 Å². The molecule has 7 nitrogen and oxygen atoms in total. The number of halogens is 1. The number of hydrogen-bond donors (Lipinski definition) is 2. The molecule has 9 heteroatoms. The van der Waals surface area contributed by atoms with Gasteiger partial charge in [-0.2, -0.15) is 0 Å². The lowest BCUT2D eigenvalue weighted by Gasteiger charge is -2.20. The van der Waals surface area contributed by atoms with Crippen LogP contribution in [-0.4, -0.2) is 25.9 Å². The van der Waals surface area contributed by atoms with Crippen molar-refractivity contribution in [2.24, 2.45) is 0 Å². The average molecular weight is 501 g/mol. The van der Waals surface area contributed by atoms with Gasteiger partial charge >= 0.3 is 0 Å². The summed E-state index contributed by atoms with van der Waals surface area (Å²) in [5.41, 5.74) is 1.25. The quantitative estimate of drug-likeness (QED) is 0.365. The van der Waals surface area contributed by atoms with Crippen molar-refractivity contribution in [3.8, 4) is 0 Å². The number of carbonyl (C=O) groups is 3. The van der Waals surface area contributed by atoms with Gasteiger partial charge in [-0.15, -0.1) is 0 Å². The van der Waals surface area contributed by atoms with Crippen molar-refractivity contribution >= 4 is 38.9 Å². The molecule has 1 aliphatic carbocycles. The number of nitrogens with one attached hydrogen (secondary N) is 2. The first-order valence-corrected chi connectivity index (χ1v) is 12.2. The van der Waals surface area contributed by atoms with Gasteiger partial charge < -0.3 is 5.32 Å². The Morgan fingerprint density at radius 1 is 0.722 bits per heavy atom.